The highest BCUT2D eigenvalue weighted by atomic mass is 32.2. The maximum absolute atomic E-state index is 13.1. The van der Waals surface area contributed by atoms with Crippen LogP contribution in [0.1, 0.15) is 19.3 Å². The summed E-state index contributed by atoms with van der Waals surface area (Å²) in [6, 6.07) is 1.88. The normalized spacial score (nSPS) is 24.2. The van der Waals surface area contributed by atoms with E-state index in [-0.39, 0.29) is 19.5 Å². The molecule has 98 valence electrons. The van der Waals surface area contributed by atoms with Gasteiger partial charge in [-0.25, -0.2) is 4.39 Å². The second-order valence-electron chi connectivity index (χ2n) is 4.28. The lowest BCUT2D eigenvalue weighted by Crippen LogP contribution is -2.42. The third kappa shape index (κ3) is 5.96. The fourth-order valence-corrected chi connectivity index (χ4v) is 2.55. The summed E-state index contributed by atoms with van der Waals surface area (Å²) in [4.78, 5) is 1.81. The summed E-state index contributed by atoms with van der Waals surface area (Å²) in [5.74, 6) is 0. The fraction of sp³-hybridized carbons (Fsp3) is 0.900. The van der Waals surface area contributed by atoms with Crippen molar-refractivity contribution >= 4 is 10.1 Å². The van der Waals surface area contributed by atoms with Crippen molar-refractivity contribution < 1.29 is 17.0 Å². The van der Waals surface area contributed by atoms with Crippen LogP contribution in [0.3, 0.4) is 0 Å². The molecular weight excluding hydrogens is 247 g/mol. The molecule has 5 nitrogen and oxygen atoms in total. The Hall–Kier alpha value is -0.710. The third-order valence-electron chi connectivity index (χ3n) is 2.54. The van der Waals surface area contributed by atoms with E-state index in [9.17, 15) is 12.8 Å². The summed E-state index contributed by atoms with van der Waals surface area (Å²) in [5, 5.41) is 8.60. The maximum Gasteiger partial charge on any atom is 0.264 e. The Labute approximate surface area is 101 Å². The zero-order valence-corrected chi connectivity index (χ0v) is 10.6. The third-order valence-corrected chi connectivity index (χ3v) is 3.16. The second kappa shape index (κ2) is 6.28. The molecule has 1 fully saturated rings. The van der Waals surface area contributed by atoms with E-state index in [0.717, 1.165) is 19.2 Å². The molecule has 0 amide bonds. The first-order chi connectivity index (χ1) is 7.90. The summed E-state index contributed by atoms with van der Waals surface area (Å²) >= 11 is 0. The van der Waals surface area contributed by atoms with Crippen LogP contribution < -0.4 is 0 Å². The van der Waals surface area contributed by atoms with Crippen molar-refractivity contribution in [2.45, 2.75) is 31.5 Å². The van der Waals surface area contributed by atoms with Crippen LogP contribution in [-0.2, 0) is 14.3 Å². The van der Waals surface area contributed by atoms with Crippen molar-refractivity contribution in [1.29, 1.82) is 5.26 Å². The molecule has 1 rings (SSSR count). The first-order valence-corrected chi connectivity index (χ1v) is 7.34. The van der Waals surface area contributed by atoms with Crippen molar-refractivity contribution in [3.8, 4) is 6.07 Å². The summed E-state index contributed by atoms with van der Waals surface area (Å²) in [7, 11) is -3.58. The molecule has 1 aliphatic rings. The zero-order valence-electron chi connectivity index (χ0n) is 9.80. The molecule has 0 bridgehead atoms. The topological polar surface area (TPSA) is 70.4 Å². The molecule has 0 aromatic heterocycles. The average molecular weight is 264 g/mol. The van der Waals surface area contributed by atoms with Gasteiger partial charge in [-0.2, -0.15) is 13.7 Å². The molecule has 2 atom stereocenters. The number of nitrogens with zero attached hydrogens (tertiary/aromatic N) is 2. The monoisotopic (exact) mass is 264 g/mol. The summed E-state index contributed by atoms with van der Waals surface area (Å²) in [5.41, 5.74) is 0. The standard InChI is InChI=1S/C10H17FN2O3S/c1-17(14,15)16-10(4-5-12)8-13-6-2-3-9(11)7-13/h9-10H,2-4,6-8H2,1H3. The largest absolute Gasteiger partial charge is 0.298 e. The number of nitriles is 1. The van der Waals surface area contributed by atoms with Crippen LogP contribution in [-0.4, -0.2) is 51.5 Å². The number of rotatable bonds is 5. The zero-order chi connectivity index (χ0) is 12.9. The molecule has 1 heterocycles. The van der Waals surface area contributed by atoms with Gasteiger partial charge in [-0.05, 0) is 19.4 Å². The van der Waals surface area contributed by atoms with Crippen molar-refractivity contribution in [2.24, 2.45) is 0 Å². The highest BCUT2D eigenvalue weighted by Gasteiger charge is 2.24. The van der Waals surface area contributed by atoms with Crippen LogP contribution >= 0.6 is 0 Å². The number of alkyl halides is 1. The lowest BCUT2D eigenvalue weighted by molar-refractivity contribution is 0.0902. The van der Waals surface area contributed by atoms with Gasteiger partial charge in [0, 0.05) is 13.1 Å². The summed E-state index contributed by atoms with van der Waals surface area (Å²) in [6.45, 7) is 1.28. The van der Waals surface area contributed by atoms with Crippen molar-refractivity contribution in [2.75, 3.05) is 25.9 Å². The molecule has 2 unspecified atom stereocenters. The minimum Gasteiger partial charge on any atom is -0.298 e. The van der Waals surface area contributed by atoms with E-state index in [1.54, 1.807) is 4.90 Å². The highest BCUT2D eigenvalue weighted by molar-refractivity contribution is 7.86. The van der Waals surface area contributed by atoms with E-state index in [0.29, 0.717) is 6.42 Å². The Kier molecular flexibility index (Phi) is 5.31. The second-order valence-corrected chi connectivity index (χ2v) is 5.88. The lowest BCUT2D eigenvalue weighted by Gasteiger charge is -2.30. The van der Waals surface area contributed by atoms with Gasteiger partial charge in [0.05, 0.1) is 18.7 Å². The molecule has 7 heteroatoms. The van der Waals surface area contributed by atoms with Crippen molar-refractivity contribution in [1.82, 2.24) is 4.90 Å². The van der Waals surface area contributed by atoms with Gasteiger partial charge >= 0.3 is 0 Å². The van der Waals surface area contributed by atoms with Gasteiger partial charge in [0.25, 0.3) is 10.1 Å². The predicted octanol–water partition coefficient (Wildman–Crippen LogP) is 0.679. The Balaban J connectivity index is 2.51. The molecule has 0 radical (unpaired) electrons. The highest BCUT2D eigenvalue weighted by Crippen LogP contribution is 2.15. The fourth-order valence-electron chi connectivity index (χ4n) is 1.93. The van der Waals surface area contributed by atoms with E-state index < -0.39 is 22.4 Å². The molecule has 0 N–H and O–H groups in total. The summed E-state index contributed by atoms with van der Waals surface area (Å²) in [6.07, 6.45) is 0.655. The number of likely N-dealkylation sites (tertiary alicyclic amines) is 1. The van der Waals surface area contributed by atoms with Crippen LogP contribution in [0.2, 0.25) is 0 Å². The van der Waals surface area contributed by atoms with Crippen LogP contribution in [0, 0.1) is 11.3 Å². The van der Waals surface area contributed by atoms with Gasteiger partial charge in [-0.1, -0.05) is 0 Å². The van der Waals surface area contributed by atoms with Gasteiger partial charge in [0.15, 0.2) is 0 Å². The van der Waals surface area contributed by atoms with Crippen LogP contribution in [0.5, 0.6) is 0 Å². The van der Waals surface area contributed by atoms with Gasteiger partial charge in [-0.15, -0.1) is 0 Å². The van der Waals surface area contributed by atoms with Crippen LogP contribution in [0.15, 0.2) is 0 Å². The predicted molar refractivity (Wildman–Crippen MR) is 60.5 cm³/mol. The number of halogens is 1. The van der Waals surface area contributed by atoms with Crippen LogP contribution in [0.4, 0.5) is 4.39 Å². The van der Waals surface area contributed by atoms with Crippen molar-refractivity contribution in [3.63, 3.8) is 0 Å². The average Bonchev–Trinajstić information content (AvgIpc) is 2.15. The molecule has 0 spiro atoms. The first kappa shape index (κ1) is 14.4. The first-order valence-electron chi connectivity index (χ1n) is 5.52. The van der Waals surface area contributed by atoms with Gasteiger partial charge in [-0.3, -0.25) is 9.08 Å². The molecule has 17 heavy (non-hydrogen) atoms. The smallest absolute Gasteiger partial charge is 0.264 e. The molecule has 0 aromatic carbocycles. The Morgan fingerprint density at radius 1 is 1.65 bits per heavy atom. The Bertz CT molecular complexity index is 380. The van der Waals surface area contributed by atoms with E-state index in [2.05, 4.69) is 0 Å². The van der Waals surface area contributed by atoms with E-state index in [4.69, 9.17) is 9.44 Å². The molecule has 1 aliphatic heterocycles. The minimum atomic E-state index is -3.58. The van der Waals surface area contributed by atoms with Crippen LogP contribution in [0.25, 0.3) is 0 Å². The molecule has 0 aliphatic carbocycles. The SMILES string of the molecule is CS(=O)(=O)OC(CC#N)CN1CCCC(F)C1. The Morgan fingerprint density at radius 2 is 2.35 bits per heavy atom. The quantitative estimate of drug-likeness (QED) is 0.683. The Morgan fingerprint density at radius 3 is 2.88 bits per heavy atom. The number of piperidine rings is 1. The van der Waals surface area contributed by atoms with Crippen molar-refractivity contribution in [3.05, 3.63) is 0 Å². The molecule has 0 saturated carbocycles. The number of hydrogen-bond acceptors (Lipinski definition) is 5. The molecule has 0 aromatic rings. The van der Waals surface area contributed by atoms with E-state index in [1.807, 2.05) is 6.07 Å². The minimum absolute atomic E-state index is 0.0134. The maximum atomic E-state index is 13.1. The van der Waals surface area contributed by atoms with Gasteiger partial charge in [0.2, 0.25) is 0 Å². The van der Waals surface area contributed by atoms with Gasteiger partial charge < -0.3 is 0 Å². The van der Waals surface area contributed by atoms with E-state index in [1.165, 1.54) is 0 Å². The molecule has 1 saturated heterocycles. The summed E-state index contributed by atoms with van der Waals surface area (Å²) < 4.78 is 39.9. The number of hydrogen-bond donors (Lipinski definition) is 0. The molecular formula is C10H17FN2O3S. The van der Waals surface area contributed by atoms with Gasteiger partial charge in [0.1, 0.15) is 12.3 Å². The lowest BCUT2D eigenvalue weighted by atomic mass is 10.1. The van der Waals surface area contributed by atoms with E-state index >= 15 is 0 Å².